The van der Waals surface area contributed by atoms with Gasteiger partial charge in [0, 0.05) is 22.5 Å². The van der Waals surface area contributed by atoms with E-state index in [1.165, 1.54) is 4.31 Å². The number of nitrogens with one attached hydrogen (secondary N) is 1. The maximum Gasteiger partial charge on any atom is 0.248 e. The van der Waals surface area contributed by atoms with E-state index in [-0.39, 0.29) is 0 Å². The third kappa shape index (κ3) is 3.76. The molecule has 0 spiro atoms. The summed E-state index contributed by atoms with van der Waals surface area (Å²) in [7, 11) is -3.66. The number of rotatable bonds is 6. The van der Waals surface area contributed by atoms with Crippen molar-refractivity contribution < 1.29 is 17.6 Å². The summed E-state index contributed by atoms with van der Waals surface area (Å²) in [6, 6.07) is 20.9. The van der Waals surface area contributed by atoms with Crippen molar-refractivity contribution in [3.8, 4) is 0 Å². The van der Waals surface area contributed by atoms with Crippen LogP contribution in [0.25, 0.3) is 21.9 Å². The highest BCUT2D eigenvalue weighted by Crippen LogP contribution is 2.30. The number of benzene rings is 3. The molecule has 0 unspecified atom stereocenters. The molecule has 154 valence electrons. The van der Waals surface area contributed by atoms with E-state index in [9.17, 15) is 13.2 Å². The minimum Gasteiger partial charge on any atom is -0.456 e. The number of hydrogen-bond acceptors (Lipinski definition) is 4. The molecule has 1 amide bonds. The van der Waals surface area contributed by atoms with Gasteiger partial charge in [0.25, 0.3) is 0 Å². The van der Waals surface area contributed by atoms with Crippen molar-refractivity contribution in [2.24, 2.45) is 0 Å². The highest BCUT2D eigenvalue weighted by Gasteiger charge is 2.31. The lowest BCUT2D eigenvalue weighted by molar-refractivity contribution is -0.117. The predicted octanol–water partition coefficient (Wildman–Crippen LogP) is 4.77. The molecule has 4 aromatic rings. The molecule has 0 saturated carbocycles. The Balaban J connectivity index is 1.66. The average molecular weight is 423 g/mol. The van der Waals surface area contributed by atoms with Crippen LogP contribution in [0.1, 0.15) is 13.3 Å². The zero-order valence-electron chi connectivity index (χ0n) is 16.7. The lowest BCUT2D eigenvalue weighted by Crippen LogP contribution is -2.46. The zero-order valence-corrected chi connectivity index (χ0v) is 17.5. The van der Waals surface area contributed by atoms with E-state index in [1.807, 2.05) is 30.3 Å². The van der Waals surface area contributed by atoms with Crippen molar-refractivity contribution >= 4 is 49.2 Å². The summed E-state index contributed by atoms with van der Waals surface area (Å²) in [5.41, 5.74) is 2.43. The van der Waals surface area contributed by atoms with E-state index < -0.39 is 22.0 Å². The van der Waals surface area contributed by atoms with Crippen LogP contribution in [0.5, 0.6) is 0 Å². The van der Waals surface area contributed by atoms with Crippen LogP contribution in [0.4, 0.5) is 11.4 Å². The van der Waals surface area contributed by atoms with Crippen molar-refractivity contribution in [2.45, 2.75) is 19.4 Å². The third-order valence-electron chi connectivity index (χ3n) is 4.99. The number of nitrogens with zero attached hydrogens (tertiary/aromatic N) is 1. The molecule has 0 fully saturated rings. The molecule has 0 aliphatic rings. The van der Waals surface area contributed by atoms with Crippen molar-refractivity contribution in [1.29, 1.82) is 0 Å². The van der Waals surface area contributed by atoms with Crippen LogP contribution in [0.3, 0.4) is 0 Å². The number of para-hydroxylation sites is 2. The Kier molecular flexibility index (Phi) is 5.22. The monoisotopic (exact) mass is 422 g/mol. The summed E-state index contributed by atoms with van der Waals surface area (Å²) in [4.78, 5) is 13.1. The third-order valence-corrected chi connectivity index (χ3v) is 6.17. The molecule has 6 nitrogen and oxygen atoms in total. The summed E-state index contributed by atoms with van der Waals surface area (Å²) >= 11 is 0. The molecule has 3 aromatic carbocycles. The van der Waals surface area contributed by atoms with Crippen LogP contribution < -0.4 is 9.62 Å². The minimum absolute atomic E-state index is 0.320. The standard InChI is InChI=1S/C23H22N2O4S/c1-3-20(25(30(2,27)28)17-9-5-4-6-10-17)23(26)24-16-13-14-19-18-11-7-8-12-21(18)29-22(19)15-16/h4-15,20H,3H2,1-2H3,(H,24,26)/t20-/m0/s1. The zero-order chi connectivity index (χ0) is 21.3. The second kappa shape index (κ2) is 7.84. The van der Waals surface area contributed by atoms with Gasteiger partial charge in [-0.05, 0) is 36.8 Å². The second-order valence-electron chi connectivity index (χ2n) is 7.12. The van der Waals surface area contributed by atoms with Crippen molar-refractivity contribution in [3.05, 3.63) is 72.8 Å². The van der Waals surface area contributed by atoms with Gasteiger partial charge >= 0.3 is 0 Å². The molecule has 0 aliphatic carbocycles. The van der Waals surface area contributed by atoms with Gasteiger partial charge in [-0.1, -0.05) is 43.3 Å². The minimum atomic E-state index is -3.66. The first-order valence-corrected chi connectivity index (χ1v) is 11.5. The molecular formula is C23H22N2O4S. The van der Waals surface area contributed by atoms with Gasteiger partial charge in [0.2, 0.25) is 15.9 Å². The summed E-state index contributed by atoms with van der Waals surface area (Å²) in [5, 5.41) is 4.81. The van der Waals surface area contributed by atoms with E-state index in [1.54, 1.807) is 49.4 Å². The summed E-state index contributed by atoms with van der Waals surface area (Å²) in [5.74, 6) is -0.401. The highest BCUT2D eigenvalue weighted by molar-refractivity contribution is 7.92. The lowest BCUT2D eigenvalue weighted by Gasteiger charge is -2.30. The first-order valence-electron chi connectivity index (χ1n) is 9.65. The van der Waals surface area contributed by atoms with E-state index in [0.29, 0.717) is 23.4 Å². The lowest BCUT2D eigenvalue weighted by atomic mass is 10.1. The molecule has 0 aliphatic heterocycles. The summed E-state index contributed by atoms with van der Waals surface area (Å²) in [6.07, 6.45) is 1.43. The van der Waals surface area contributed by atoms with Crippen molar-refractivity contribution in [3.63, 3.8) is 0 Å². The van der Waals surface area contributed by atoms with Crippen molar-refractivity contribution in [2.75, 3.05) is 15.9 Å². The van der Waals surface area contributed by atoms with Gasteiger partial charge < -0.3 is 9.73 Å². The number of furan rings is 1. The Labute approximate surface area is 175 Å². The smallest absolute Gasteiger partial charge is 0.248 e. The van der Waals surface area contributed by atoms with E-state index in [0.717, 1.165) is 22.6 Å². The Morgan fingerprint density at radius 2 is 1.63 bits per heavy atom. The second-order valence-corrected chi connectivity index (χ2v) is 8.98. The van der Waals surface area contributed by atoms with Gasteiger partial charge in [0.1, 0.15) is 17.2 Å². The number of anilines is 2. The Bertz CT molecular complexity index is 1310. The number of carbonyl (C=O) groups excluding carboxylic acids is 1. The normalized spacial score (nSPS) is 12.7. The molecule has 0 radical (unpaired) electrons. The Hall–Kier alpha value is -3.32. The first kappa shape index (κ1) is 20.0. The fourth-order valence-corrected chi connectivity index (χ4v) is 4.88. The van der Waals surface area contributed by atoms with Crippen LogP contribution in [-0.4, -0.2) is 26.6 Å². The topological polar surface area (TPSA) is 79.6 Å². The SMILES string of the molecule is CC[C@@H](C(=O)Nc1ccc2c(c1)oc1ccccc12)N(c1ccccc1)S(C)(=O)=O. The maximum absolute atomic E-state index is 13.1. The molecule has 0 saturated heterocycles. The van der Waals surface area contributed by atoms with E-state index in [2.05, 4.69) is 5.32 Å². The molecule has 1 N–H and O–H groups in total. The van der Waals surface area contributed by atoms with E-state index >= 15 is 0 Å². The molecule has 0 bridgehead atoms. The van der Waals surface area contributed by atoms with E-state index in [4.69, 9.17) is 4.42 Å². The first-order chi connectivity index (χ1) is 14.4. The number of hydrogen-bond donors (Lipinski definition) is 1. The predicted molar refractivity (Wildman–Crippen MR) is 120 cm³/mol. The largest absolute Gasteiger partial charge is 0.456 e. The Morgan fingerprint density at radius 1 is 0.967 bits per heavy atom. The van der Waals surface area contributed by atoms with Crippen LogP contribution in [0.15, 0.2) is 77.2 Å². The van der Waals surface area contributed by atoms with Crippen molar-refractivity contribution in [1.82, 2.24) is 0 Å². The number of amides is 1. The van der Waals surface area contributed by atoms with Gasteiger partial charge in [-0.15, -0.1) is 0 Å². The molecule has 1 heterocycles. The maximum atomic E-state index is 13.1. The van der Waals surface area contributed by atoms with Gasteiger partial charge in [-0.2, -0.15) is 0 Å². The molecule has 30 heavy (non-hydrogen) atoms. The summed E-state index contributed by atoms with van der Waals surface area (Å²) < 4.78 is 32.0. The molecule has 4 rings (SSSR count). The molecule has 1 atom stereocenters. The van der Waals surface area contributed by atoms with Gasteiger partial charge in [-0.3, -0.25) is 9.10 Å². The highest BCUT2D eigenvalue weighted by atomic mass is 32.2. The number of fused-ring (bicyclic) bond motifs is 3. The average Bonchev–Trinajstić information content (AvgIpc) is 3.09. The summed E-state index contributed by atoms with van der Waals surface area (Å²) in [6.45, 7) is 1.79. The molecule has 7 heteroatoms. The fourth-order valence-electron chi connectivity index (χ4n) is 3.66. The van der Waals surface area contributed by atoms with Gasteiger partial charge in [0.05, 0.1) is 11.9 Å². The van der Waals surface area contributed by atoms with Crippen LogP contribution in [-0.2, 0) is 14.8 Å². The molecular weight excluding hydrogens is 400 g/mol. The van der Waals surface area contributed by atoms with Gasteiger partial charge in [0.15, 0.2) is 0 Å². The van der Waals surface area contributed by atoms with Crippen LogP contribution >= 0.6 is 0 Å². The number of sulfonamides is 1. The molecule has 1 aromatic heterocycles. The van der Waals surface area contributed by atoms with Gasteiger partial charge in [-0.25, -0.2) is 8.42 Å². The fraction of sp³-hybridized carbons (Fsp3) is 0.174. The van der Waals surface area contributed by atoms with Crippen LogP contribution in [0.2, 0.25) is 0 Å². The number of carbonyl (C=O) groups is 1. The quantitative estimate of drug-likeness (QED) is 0.485. The Morgan fingerprint density at radius 3 is 2.33 bits per heavy atom. The van der Waals surface area contributed by atoms with Crippen LogP contribution in [0, 0.1) is 0 Å².